The molecule has 8 nitrogen and oxygen atoms in total. The number of amides is 2. The average molecular weight is 438 g/mol. The first-order valence-corrected chi connectivity index (χ1v) is 10.0. The highest BCUT2D eigenvalue weighted by Gasteiger charge is 2.34. The number of hydrogen-bond acceptors (Lipinski definition) is 7. The van der Waals surface area contributed by atoms with E-state index in [0.717, 1.165) is 5.69 Å². The van der Waals surface area contributed by atoms with Crippen LogP contribution in [0.5, 0.6) is 5.75 Å². The van der Waals surface area contributed by atoms with Crippen molar-refractivity contribution in [2.75, 3.05) is 30.8 Å². The zero-order chi connectivity index (χ0) is 22.0. The van der Waals surface area contributed by atoms with Crippen molar-refractivity contribution in [1.29, 1.82) is 0 Å². The topological polar surface area (TPSA) is 102 Å². The van der Waals surface area contributed by atoms with Gasteiger partial charge >= 0.3 is 0 Å². The molecule has 0 aliphatic carbocycles. The van der Waals surface area contributed by atoms with E-state index < -0.39 is 0 Å². The molecule has 0 unspecified atom stereocenters. The van der Waals surface area contributed by atoms with Gasteiger partial charge in [0.15, 0.2) is 5.82 Å². The number of imide groups is 1. The normalized spacial score (nSPS) is 12.8. The van der Waals surface area contributed by atoms with Gasteiger partial charge in [-0.05, 0) is 54.4 Å². The molecule has 3 aromatic rings. The summed E-state index contributed by atoms with van der Waals surface area (Å²) in [5.74, 6) is 0.678. The van der Waals surface area contributed by atoms with E-state index in [1.165, 1.54) is 11.1 Å². The van der Waals surface area contributed by atoms with Gasteiger partial charge in [-0.15, -0.1) is 0 Å². The van der Waals surface area contributed by atoms with Crippen LogP contribution in [0.25, 0.3) is 0 Å². The van der Waals surface area contributed by atoms with Crippen molar-refractivity contribution in [3.8, 4) is 5.75 Å². The predicted octanol–water partition coefficient (Wildman–Crippen LogP) is 3.55. The molecule has 1 aromatic heterocycles. The minimum Gasteiger partial charge on any atom is -0.494 e. The molecule has 0 spiro atoms. The highest BCUT2D eigenvalue weighted by molar-refractivity contribution is 6.28. The molecule has 4 rings (SSSR count). The number of nitrogens with zero attached hydrogens (tertiary/aromatic N) is 4. The fourth-order valence-electron chi connectivity index (χ4n) is 3.37. The van der Waals surface area contributed by atoms with E-state index in [9.17, 15) is 9.59 Å². The van der Waals surface area contributed by atoms with Crippen LogP contribution in [0.15, 0.2) is 54.7 Å². The number of anilines is 3. The number of benzene rings is 2. The molecule has 31 heavy (non-hydrogen) atoms. The quantitative estimate of drug-likeness (QED) is 0.342. The first-order valence-electron chi connectivity index (χ1n) is 9.65. The van der Waals surface area contributed by atoms with Crippen LogP contribution >= 0.6 is 11.6 Å². The summed E-state index contributed by atoms with van der Waals surface area (Å²) < 4.78 is 5.76. The lowest BCUT2D eigenvalue weighted by Gasteiger charge is -2.20. The lowest BCUT2D eigenvalue weighted by Crippen LogP contribution is -2.31. The van der Waals surface area contributed by atoms with Gasteiger partial charge in [-0.1, -0.05) is 12.1 Å². The zero-order valence-electron chi connectivity index (χ0n) is 16.8. The van der Waals surface area contributed by atoms with Crippen molar-refractivity contribution < 1.29 is 14.3 Å². The summed E-state index contributed by atoms with van der Waals surface area (Å²) in [5, 5.41) is 0.120. The molecule has 2 amide bonds. The zero-order valence-corrected chi connectivity index (χ0v) is 17.5. The van der Waals surface area contributed by atoms with Gasteiger partial charge in [-0.3, -0.25) is 14.5 Å². The molecule has 2 heterocycles. The van der Waals surface area contributed by atoms with Crippen LogP contribution in [0.2, 0.25) is 5.28 Å². The van der Waals surface area contributed by atoms with Crippen molar-refractivity contribution >= 4 is 40.6 Å². The van der Waals surface area contributed by atoms with E-state index in [0.29, 0.717) is 48.0 Å². The molecular formula is C22H20ClN5O3. The van der Waals surface area contributed by atoms with Gasteiger partial charge in [-0.2, -0.15) is 4.98 Å². The number of carbonyl (C=O) groups excluding carboxylic acids is 2. The third-order valence-corrected chi connectivity index (χ3v) is 5.16. The molecule has 0 saturated carbocycles. The van der Waals surface area contributed by atoms with Gasteiger partial charge in [0.25, 0.3) is 11.8 Å². The maximum absolute atomic E-state index is 12.4. The summed E-state index contributed by atoms with van der Waals surface area (Å²) in [4.78, 5) is 35.8. The highest BCUT2D eigenvalue weighted by atomic mass is 35.5. The number of hydrogen-bond donors (Lipinski definition) is 1. The molecule has 158 valence electrons. The SMILES string of the molecule is CN(c1ccc(OCCCN2C(=O)c3ccccc3C2=O)cc1)c1nc(Cl)ncc1N. The lowest BCUT2D eigenvalue weighted by molar-refractivity contribution is 0.0646. The standard InChI is InChI=1S/C22H20ClN5O3/c1-27(19-18(24)13-25-22(23)26-19)14-7-9-15(10-8-14)31-12-4-11-28-20(29)16-5-2-3-6-17(16)21(28)30/h2-3,5-10,13H,4,11-12,24H2,1H3. The summed E-state index contributed by atoms with van der Waals surface area (Å²) in [6.45, 7) is 0.679. The summed E-state index contributed by atoms with van der Waals surface area (Å²) in [7, 11) is 1.83. The minimum absolute atomic E-state index is 0.120. The molecule has 1 aliphatic heterocycles. The first-order chi connectivity index (χ1) is 15.0. The Morgan fingerprint density at radius 3 is 2.35 bits per heavy atom. The second kappa shape index (κ2) is 8.61. The van der Waals surface area contributed by atoms with E-state index >= 15 is 0 Å². The molecule has 0 atom stereocenters. The van der Waals surface area contributed by atoms with E-state index in [2.05, 4.69) is 9.97 Å². The lowest BCUT2D eigenvalue weighted by atomic mass is 10.1. The van der Waals surface area contributed by atoms with Crippen LogP contribution in [-0.4, -0.2) is 46.9 Å². The molecule has 9 heteroatoms. The van der Waals surface area contributed by atoms with Gasteiger partial charge in [0.1, 0.15) is 5.75 Å². The fourth-order valence-corrected chi connectivity index (χ4v) is 3.50. The Hall–Kier alpha value is -3.65. The maximum Gasteiger partial charge on any atom is 0.261 e. The second-order valence-electron chi connectivity index (χ2n) is 6.98. The van der Waals surface area contributed by atoms with Crippen LogP contribution in [0, 0.1) is 0 Å². The number of halogens is 1. The van der Waals surface area contributed by atoms with Gasteiger partial charge in [0.05, 0.1) is 29.6 Å². The van der Waals surface area contributed by atoms with Crippen molar-refractivity contribution in [2.24, 2.45) is 0 Å². The maximum atomic E-state index is 12.4. The summed E-state index contributed by atoms with van der Waals surface area (Å²) >= 11 is 5.87. The third-order valence-electron chi connectivity index (χ3n) is 4.98. The Bertz CT molecular complexity index is 1100. The average Bonchev–Trinajstić information content (AvgIpc) is 3.03. The van der Waals surface area contributed by atoms with Crippen LogP contribution in [-0.2, 0) is 0 Å². The minimum atomic E-state index is -0.253. The van der Waals surface area contributed by atoms with Crippen molar-refractivity contribution in [3.05, 3.63) is 71.1 Å². The molecule has 0 saturated heterocycles. The van der Waals surface area contributed by atoms with Gasteiger partial charge in [0, 0.05) is 19.3 Å². The predicted molar refractivity (Wildman–Crippen MR) is 118 cm³/mol. The fraction of sp³-hybridized carbons (Fsp3) is 0.182. The Kier molecular flexibility index (Phi) is 5.73. The monoisotopic (exact) mass is 437 g/mol. The number of ether oxygens (including phenoxy) is 1. The number of fused-ring (bicyclic) bond motifs is 1. The summed E-state index contributed by atoms with van der Waals surface area (Å²) in [5.41, 5.74) is 8.11. The van der Waals surface area contributed by atoms with Crippen LogP contribution in [0.3, 0.4) is 0 Å². The van der Waals surface area contributed by atoms with Crippen molar-refractivity contribution in [3.63, 3.8) is 0 Å². The van der Waals surface area contributed by atoms with Crippen LogP contribution in [0.4, 0.5) is 17.2 Å². The third kappa shape index (κ3) is 4.15. The van der Waals surface area contributed by atoms with E-state index in [1.807, 2.05) is 31.3 Å². The summed E-state index contributed by atoms with van der Waals surface area (Å²) in [6, 6.07) is 14.3. The largest absolute Gasteiger partial charge is 0.494 e. The van der Waals surface area contributed by atoms with Gasteiger partial charge in [0.2, 0.25) is 5.28 Å². The Balaban J connectivity index is 1.31. The molecule has 1 aliphatic rings. The molecule has 2 N–H and O–H groups in total. The Morgan fingerprint density at radius 2 is 1.71 bits per heavy atom. The molecule has 2 aromatic carbocycles. The number of carbonyl (C=O) groups is 2. The van der Waals surface area contributed by atoms with Crippen molar-refractivity contribution in [2.45, 2.75) is 6.42 Å². The number of nitrogens with two attached hydrogens (primary N) is 1. The number of aromatic nitrogens is 2. The van der Waals surface area contributed by atoms with Crippen LogP contribution < -0.4 is 15.4 Å². The summed E-state index contributed by atoms with van der Waals surface area (Å²) in [6.07, 6.45) is 2.00. The smallest absolute Gasteiger partial charge is 0.261 e. The van der Waals surface area contributed by atoms with E-state index in [4.69, 9.17) is 22.1 Å². The van der Waals surface area contributed by atoms with E-state index in [1.54, 1.807) is 29.2 Å². The van der Waals surface area contributed by atoms with Crippen molar-refractivity contribution in [1.82, 2.24) is 14.9 Å². The van der Waals surface area contributed by atoms with Crippen LogP contribution in [0.1, 0.15) is 27.1 Å². The van der Waals surface area contributed by atoms with Gasteiger partial charge < -0.3 is 15.4 Å². The highest BCUT2D eigenvalue weighted by Crippen LogP contribution is 2.28. The van der Waals surface area contributed by atoms with Gasteiger partial charge in [-0.25, -0.2) is 4.98 Å². The molecule has 0 bridgehead atoms. The number of nitrogen functional groups attached to an aromatic ring is 1. The molecular weight excluding hydrogens is 418 g/mol. The Labute approximate surface area is 184 Å². The molecule has 0 radical (unpaired) electrons. The molecule has 0 fully saturated rings. The Morgan fingerprint density at radius 1 is 1.06 bits per heavy atom. The number of rotatable bonds is 7. The first kappa shape index (κ1) is 20.6. The van der Waals surface area contributed by atoms with E-state index in [-0.39, 0.29) is 17.1 Å². The second-order valence-corrected chi connectivity index (χ2v) is 7.32.